The average molecular weight is 278 g/mol. The first-order chi connectivity index (χ1) is 9.39. The zero-order chi connectivity index (χ0) is 14.0. The third-order valence-corrected chi connectivity index (χ3v) is 7.17. The third kappa shape index (κ3) is 0.850. The second kappa shape index (κ2) is 2.78. The van der Waals surface area contributed by atoms with Gasteiger partial charge in [-0.3, -0.25) is 9.59 Å². The van der Waals surface area contributed by atoms with Crippen LogP contribution in [-0.2, 0) is 23.8 Å². The van der Waals surface area contributed by atoms with Crippen LogP contribution in [0.5, 0.6) is 0 Å². The Morgan fingerprint density at radius 3 is 2.90 bits per heavy atom. The van der Waals surface area contributed by atoms with Gasteiger partial charge in [0, 0.05) is 11.8 Å². The molecule has 5 aliphatic rings. The molecule has 2 saturated carbocycles. The van der Waals surface area contributed by atoms with Crippen LogP contribution >= 0.6 is 0 Å². The summed E-state index contributed by atoms with van der Waals surface area (Å²) in [4.78, 5) is 24.2. The van der Waals surface area contributed by atoms with E-state index in [2.05, 4.69) is 13.8 Å². The second-order valence-corrected chi connectivity index (χ2v) is 7.63. The highest BCUT2D eigenvalue weighted by Crippen LogP contribution is 2.80. The van der Waals surface area contributed by atoms with Crippen LogP contribution in [0.15, 0.2) is 0 Å². The van der Waals surface area contributed by atoms with E-state index in [0.29, 0.717) is 18.9 Å². The molecule has 108 valence electrons. The molecule has 0 aromatic rings. The normalized spacial score (nSPS) is 62.1. The maximum absolute atomic E-state index is 12.5. The van der Waals surface area contributed by atoms with E-state index < -0.39 is 11.4 Å². The predicted octanol–water partition coefficient (Wildman–Crippen LogP) is 1.40. The van der Waals surface area contributed by atoms with Crippen LogP contribution in [0.2, 0.25) is 0 Å². The van der Waals surface area contributed by atoms with Gasteiger partial charge in [-0.2, -0.15) is 0 Å². The molecule has 3 saturated heterocycles. The SMILES string of the molecule is CC1CCC2(C)C3C(=O)OCC12CC12OC(=O)CC31O2. The van der Waals surface area contributed by atoms with Crippen LogP contribution in [0.3, 0.4) is 0 Å². The first-order valence-corrected chi connectivity index (χ1v) is 7.48. The van der Waals surface area contributed by atoms with Gasteiger partial charge in [0.25, 0.3) is 0 Å². The van der Waals surface area contributed by atoms with Crippen LogP contribution in [0.4, 0.5) is 0 Å². The predicted molar refractivity (Wildman–Crippen MR) is 65.3 cm³/mol. The summed E-state index contributed by atoms with van der Waals surface area (Å²) in [6.45, 7) is 4.87. The Labute approximate surface area is 116 Å². The topological polar surface area (TPSA) is 65.1 Å². The van der Waals surface area contributed by atoms with Crippen molar-refractivity contribution >= 4 is 11.9 Å². The molecule has 2 bridgehead atoms. The smallest absolute Gasteiger partial charge is 0.312 e. The molecule has 5 fully saturated rings. The second-order valence-electron chi connectivity index (χ2n) is 7.63. The van der Waals surface area contributed by atoms with Gasteiger partial charge in [-0.15, -0.1) is 0 Å². The highest BCUT2D eigenvalue weighted by molar-refractivity contribution is 5.84. The Balaban J connectivity index is 1.75. The van der Waals surface area contributed by atoms with E-state index in [4.69, 9.17) is 14.2 Å². The summed E-state index contributed by atoms with van der Waals surface area (Å²) >= 11 is 0. The van der Waals surface area contributed by atoms with E-state index in [1.807, 2.05) is 0 Å². The zero-order valence-electron chi connectivity index (χ0n) is 11.7. The molecule has 2 aliphatic carbocycles. The highest BCUT2D eigenvalue weighted by atomic mass is 16.8. The minimum Gasteiger partial charge on any atom is -0.465 e. The summed E-state index contributed by atoms with van der Waals surface area (Å²) < 4.78 is 17.0. The van der Waals surface area contributed by atoms with Crippen molar-refractivity contribution in [2.45, 2.75) is 50.9 Å². The van der Waals surface area contributed by atoms with E-state index in [1.165, 1.54) is 0 Å². The van der Waals surface area contributed by atoms with Gasteiger partial charge in [0.1, 0.15) is 0 Å². The van der Waals surface area contributed by atoms with Crippen LogP contribution in [0, 0.1) is 22.7 Å². The van der Waals surface area contributed by atoms with Crippen molar-refractivity contribution in [3.63, 3.8) is 0 Å². The summed E-state index contributed by atoms with van der Waals surface area (Å²) in [5, 5.41) is 0. The summed E-state index contributed by atoms with van der Waals surface area (Å²) in [6.07, 6.45) is 2.99. The van der Waals surface area contributed by atoms with Crippen molar-refractivity contribution in [2.75, 3.05) is 6.61 Å². The molecule has 5 rings (SSSR count). The van der Waals surface area contributed by atoms with Gasteiger partial charge >= 0.3 is 11.9 Å². The number of carbonyl (C=O) groups excluding carboxylic acids is 2. The Kier molecular flexibility index (Phi) is 1.60. The van der Waals surface area contributed by atoms with Crippen molar-refractivity contribution in [3.05, 3.63) is 0 Å². The van der Waals surface area contributed by atoms with Crippen LogP contribution in [0.1, 0.15) is 39.5 Å². The first-order valence-electron chi connectivity index (χ1n) is 7.48. The number of epoxide rings is 1. The number of hydrogen-bond acceptors (Lipinski definition) is 5. The van der Waals surface area contributed by atoms with E-state index in [0.717, 1.165) is 12.8 Å². The number of carbonyl (C=O) groups is 2. The molecule has 0 N–H and O–H groups in total. The number of ether oxygens (including phenoxy) is 3. The molecule has 0 radical (unpaired) electrons. The zero-order valence-corrected chi connectivity index (χ0v) is 11.7. The molecule has 3 heterocycles. The van der Waals surface area contributed by atoms with Gasteiger partial charge < -0.3 is 14.2 Å². The van der Waals surface area contributed by atoms with Crippen LogP contribution in [0.25, 0.3) is 0 Å². The molecule has 20 heavy (non-hydrogen) atoms. The molecule has 6 unspecified atom stereocenters. The largest absolute Gasteiger partial charge is 0.465 e. The lowest BCUT2D eigenvalue weighted by Crippen LogP contribution is -2.64. The Morgan fingerprint density at radius 2 is 2.10 bits per heavy atom. The van der Waals surface area contributed by atoms with E-state index >= 15 is 0 Å². The monoisotopic (exact) mass is 278 g/mol. The van der Waals surface area contributed by atoms with Crippen molar-refractivity contribution in [1.29, 1.82) is 0 Å². The molecular weight excluding hydrogens is 260 g/mol. The molecule has 0 aromatic carbocycles. The lowest BCUT2D eigenvalue weighted by atomic mass is 9.48. The van der Waals surface area contributed by atoms with Crippen molar-refractivity contribution in [3.8, 4) is 0 Å². The standard InChI is InChI=1S/C15H18O5/c1-8-3-4-12(2)10-11(17)18-7-13(8,12)6-15-14(10,20-15)5-9(16)19-15/h8,10H,3-7H2,1-2H3. The molecule has 0 spiro atoms. The number of hydrogen-bond donors (Lipinski definition) is 0. The van der Waals surface area contributed by atoms with E-state index in [9.17, 15) is 9.59 Å². The first kappa shape index (κ1) is 11.5. The average Bonchev–Trinajstić information content (AvgIpc) is 2.73. The van der Waals surface area contributed by atoms with E-state index in [-0.39, 0.29) is 35.1 Å². The van der Waals surface area contributed by atoms with Gasteiger partial charge in [-0.05, 0) is 24.2 Å². The summed E-state index contributed by atoms with van der Waals surface area (Å²) in [6, 6.07) is 0. The van der Waals surface area contributed by atoms with Gasteiger partial charge in [0.15, 0.2) is 5.60 Å². The number of rotatable bonds is 0. The number of esters is 2. The maximum Gasteiger partial charge on any atom is 0.312 e. The van der Waals surface area contributed by atoms with Gasteiger partial charge in [-0.25, -0.2) is 0 Å². The molecular formula is C15H18O5. The molecule has 3 aliphatic heterocycles. The maximum atomic E-state index is 12.5. The van der Waals surface area contributed by atoms with Crippen molar-refractivity contribution in [1.82, 2.24) is 0 Å². The fraction of sp³-hybridized carbons (Fsp3) is 0.867. The molecule has 5 heteroatoms. The lowest BCUT2D eigenvalue weighted by Gasteiger charge is -2.56. The third-order valence-electron chi connectivity index (χ3n) is 7.17. The molecule has 0 amide bonds. The van der Waals surface area contributed by atoms with Crippen LogP contribution < -0.4 is 0 Å². The molecule has 6 atom stereocenters. The minimum absolute atomic E-state index is 0.101. The fourth-order valence-electron chi connectivity index (χ4n) is 6.02. The van der Waals surface area contributed by atoms with E-state index in [1.54, 1.807) is 0 Å². The summed E-state index contributed by atoms with van der Waals surface area (Å²) in [5.41, 5.74) is -0.962. The quantitative estimate of drug-likeness (QED) is 0.495. The Bertz CT molecular complexity index is 573. The van der Waals surface area contributed by atoms with Gasteiger partial charge in [0.05, 0.1) is 18.9 Å². The molecule has 0 aromatic heterocycles. The number of cyclic esters (lactones) is 1. The summed E-state index contributed by atoms with van der Waals surface area (Å²) in [7, 11) is 0. The van der Waals surface area contributed by atoms with Crippen molar-refractivity contribution in [2.24, 2.45) is 22.7 Å². The van der Waals surface area contributed by atoms with Crippen LogP contribution in [-0.4, -0.2) is 29.9 Å². The Hall–Kier alpha value is -1.10. The summed E-state index contributed by atoms with van der Waals surface area (Å²) in [5.74, 6) is -1.15. The minimum atomic E-state index is -0.827. The van der Waals surface area contributed by atoms with Gasteiger partial charge in [-0.1, -0.05) is 13.8 Å². The highest BCUT2D eigenvalue weighted by Gasteiger charge is 2.92. The lowest BCUT2D eigenvalue weighted by molar-refractivity contribution is -0.208. The fourth-order valence-corrected chi connectivity index (χ4v) is 6.02. The molecule has 5 nitrogen and oxygen atoms in total. The Morgan fingerprint density at radius 1 is 1.30 bits per heavy atom. The van der Waals surface area contributed by atoms with Crippen molar-refractivity contribution < 1.29 is 23.8 Å². The van der Waals surface area contributed by atoms with Gasteiger partial charge in [0.2, 0.25) is 5.79 Å².